The van der Waals surface area contributed by atoms with E-state index in [1.54, 1.807) is 0 Å². The highest BCUT2D eigenvalue weighted by Gasteiger charge is 2.05. The van der Waals surface area contributed by atoms with Crippen molar-refractivity contribution in [3.8, 4) is 12.8 Å². The molecule has 96 valence electrons. The lowest BCUT2D eigenvalue weighted by Crippen LogP contribution is -1.91. The summed E-state index contributed by atoms with van der Waals surface area (Å²) in [6.07, 6.45) is 15.9. The van der Waals surface area contributed by atoms with E-state index in [9.17, 15) is 0 Å². The Hall–Kier alpha value is -1.52. The van der Waals surface area contributed by atoms with Gasteiger partial charge in [0.1, 0.15) is 0 Å². The summed E-state index contributed by atoms with van der Waals surface area (Å²) >= 11 is 6.21. The molecule has 0 saturated heterocycles. The molecule has 18 heavy (non-hydrogen) atoms. The molecule has 0 saturated carbocycles. The topological polar surface area (TPSA) is 12.9 Å². The van der Waals surface area contributed by atoms with Gasteiger partial charge in [0, 0.05) is 16.8 Å². The van der Waals surface area contributed by atoms with Crippen molar-refractivity contribution in [2.45, 2.75) is 33.6 Å². The molecule has 0 aromatic carbocycles. The predicted molar refractivity (Wildman–Crippen MR) is 81.4 cm³/mol. The molecule has 0 aliphatic heterocycles. The Morgan fingerprint density at radius 1 is 1.33 bits per heavy atom. The summed E-state index contributed by atoms with van der Waals surface area (Å²) in [6, 6.07) is 4.13. The minimum Gasteiger partial charge on any atom is -0.256 e. The first-order valence-electron chi connectivity index (χ1n) is 6.03. The van der Waals surface area contributed by atoms with Gasteiger partial charge in [0.15, 0.2) is 0 Å². The maximum Gasteiger partial charge on any atom is 0.0713 e. The summed E-state index contributed by atoms with van der Waals surface area (Å²) in [6.45, 7) is 6.18. The summed E-state index contributed by atoms with van der Waals surface area (Å²) in [7, 11) is 0. The van der Waals surface area contributed by atoms with E-state index in [0.29, 0.717) is 0 Å². The van der Waals surface area contributed by atoms with Crippen LogP contribution in [0.15, 0.2) is 35.5 Å². The number of allylic oxidation sites excluding steroid dienone is 4. The molecule has 1 heterocycles. The van der Waals surface area contributed by atoms with E-state index < -0.39 is 0 Å². The molecule has 0 N–H and O–H groups in total. The fraction of sp³-hybridized carbons (Fsp3) is 0.312. The van der Waals surface area contributed by atoms with Crippen molar-refractivity contribution in [1.82, 2.24) is 4.98 Å². The quantitative estimate of drug-likeness (QED) is 0.559. The third kappa shape index (κ3) is 4.77. The Labute approximate surface area is 116 Å². The van der Waals surface area contributed by atoms with Crippen molar-refractivity contribution in [2.24, 2.45) is 0 Å². The van der Waals surface area contributed by atoms with Gasteiger partial charge in [-0.05, 0) is 31.4 Å². The molecule has 0 fully saturated rings. The van der Waals surface area contributed by atoms with E-state index in [-0.39, 0.29) is 0 Å². The smallest absolute Gasteiger partial charge is 0.0713 e. The lowest BCUT2D eigenvalue weighted by molar-refractivity contribution is 1.09. The van der Waals surface area contributed by atoms with Crippen LogP contribution in [0.1, 0.15) is 38.4 Å². The van der Waals surface area contributed by atoms with Crippen molar-refractivity contribution in [1.29, 1.82) is 0 Å². The van der Waals surface area contributed by atoms with Gasteiger partial charge in [-0.15, -0.1) is 12.8 Å². The fourth-order valence-electron chi connectivity index (χ4n) is 1.49. The molecule has 1 aromatic rings. The van der Waals surface area contributed by atoms with Crippen LogP contribution in [0.3, 0.4) is 0 Å². The fourth-order valence-corrected chi connectivity index (χ4v) is 1.85. The lowest BCUT2D eigenvalue weighted by atomic mass is 10.1. The van der Waals surface area contributed by atoms with Crippen LogP contribution in [0.4, 0.5) is 0 Å². The number of nitrogens with zero attached hydrogens (tertiary/aromatic N) is 1. The first kappa shape index (κ1) is 16.5. The minimum absolute atomic E-state index is 0.779. The normalized spacial score (nSPS) is 11.7. The van der Waals surface area contributed by atoms with Crippen LogP contribution in [0.5, 0.6) is 0 Å². The molecular formula is C16H20ClN. The van der Waals surface area contributed by atoms with E-state index in [2.05, 4.69) is 37.7 Å². The Morgan fingerprint density at radius 3 is 2.39 bits per heavy atom. The molecule has 0 bridgehead atoms. The average Bonchev–Trinajstić information content (AvgIpc) is 2.43. The third-order valence-electron chi connectivity index (χ3n) is 2.44. The molecule has 0 aliphatic carbocycles. The number of pyridine rings is 1. The molecule has 0 aliphatic rings. The van der Waals surface area contributed by atoms with Crippen LogP contribution in [-0.2, 0) is 6.42 Å². The summed E-state index contributed by atoms with van der Waals surface area (Å²) in [5, 5.41) is 0.779. The molecule has 2 heteroatoms. The van der Waals surface area contributed by atoms with Crippen LogP contribution in [0.2, 0.25) is 0 Å². The van der Waals surface area contributed by atoms with Crippen molar-refractivity contribution < 1.29 is 0 Å². The third-order valence-corrected chi connectivity index (χ3v) is 2.80. The largest absolute Gasteiger partial charge is 0.256 e. The van der Waals surface area contributed by atoms with E-state index >= 15 is 0 Å². The SMILES string of the molecule is C#C.C/C=C(\C(Cl)=C/CC)c1ccc(CC)cn1. The molecule has 0 unspecified atom stereocenters. The van der Waals surface area contributed by atoms with Crippen molar-refractivity contribution in [3.63, 3.8) is 0 Å². The highest BCUT2D eigenvalue weighted by molar-refractivity contribution is 6.36. The van der Waals surface area contributed by atoms with E-state index in [0.717, 1.165) is 29.1 Å². The molecule has 0 amide bonds. The summed E-state index contributed by atoms with van der Waals surface area (Å²) in [4.78, 5) is 4.43. The van der Waals surface area contributed by atoms with E-state index in [1.165, 1.54) is 5.56 Å². The second-order valence-corrected chi connectivity index (χ2v) is 3.98. The van der Waals surface area contributed by atoms with Crippen molar-refractivity contribution in [2.75, 3.05) is 0 Å². The monoisotopic (exact) mass is 261 g/mol. The standard InChI is InChI=1S/C14H18ClN.C2H2/c1-4-7-13(15)12(6-3)14-9-8-11(5-2)10-16-14;1-2/h6-10H,4-5H2,1-3H3;1-2H/b12-6+,13-7+;. The summed E-state index contributed by atoms with van der Waals surface area (Å²) in [5.41, 5.74) is 3.19. The molecule has 1 aromatic heterocycles. The Morgan fingerprint density at radius 2 is 2.00 bits per heavy atom. The number of hydrogen-bond donors (Lipinski definition) is 0. The van der Waals surface area contributed by atoms with Crippen molar-refractivity contribution in [3.05, 3.63) is 46.8 Å². The number of aryl methyl sites for hydroxylation is 1. The number of aromatic nitrogens is 1. The number of terminal acetylenes is 1. The van der Waals surface area contributed by atoms with Gasteiger partial charge in [-0.2, -0.15) is 0 Å². The van der Waals surface area contributed by atoms with Gasteiger partial charge in [-0.1, -0.05) is 43.7 Å². The molecule has 0 atom stereocenters. The number of halogens is 1. The van der Waals surface area contributed by atoms with Gasteiger partial charge >= 0.3 is 0 Å². The van der Waals surface area contributed by atoms with Gasteiger partial charge in [0.05, 0.1) is 5.69 Å². The Kier molecular flexibility index (Phi) is 8.70. The summed E-state index contributed by atoms with van der Waals surface area (Å²) in [5.74, 6) is 0. The van der Waals surface area contributed by atoms with Gasteiger partial charge in [0.2, 0.25) is 0 Å². The maximum atomic E-state index is 6.21. The first-order valence-corrected chi connectivity index (χ1v) is 6.41. The zero-order chi connectivity index (χ0) is 14.0. The van der Waals surface area contributed by atoms with Crippen molar-refractivity contribution >= 4 is 17.2 Å². The second kappa shape index (κ2) is 9.50. The lowest BCUT2D eigenvalue weighted by Gasteiger charge is -2.06. The van der Waals surface area contributed by atoms with Crippen LogP contribution in [0, 0.1) is 12.8 Å². The Balaban J connectivity index is 0.00000137. The van der Waals surface area contributed by atoms with Gasteiger partial charge in [0.25, 0.3) is 0 Å². The zero-order valence-electron chi connectivity index (χ0n) is 11.3. The van der Waals surface area contributed by atoms with Gasteiger partial charge in [-0.3, -0.25) is 4.98 Å². The van der Waals surface area contributed by atoms with Crippen LogP contribution in [0.25, 0.3) is 5.57 Å². The first-order chi connectivity index (χ1) is 8.72. The van der Waals surface area contributed by atoms with Crippen LogP contribution in [-0.4, -0.2) is 4.98 Å². The van der Waals surface area contributed by atoms with Gasteiger partial charge in [-0.25, -0.2) is 0 Å². The maximum absolute atomic E-state index is 6.21. The minimum atomic E-state index is 0.779. The average molecular weight is 262 g/mol. The van der Waals surface area contributed by atoms with E-state index in [1.807, 2.05) is 31.3 Å². The number of rotatable bonds is 4. The molecular weight excluding hydrogens is 242 g/mol. The van der Waals surface area contributed by atoms with E-state index in [4.69, 9.17) is 11.6 Å². The van der Waals surface area contributed by atoms with Gasteiger partial charge < -0.3 is 0 Å². The zero-order valence-corrected chi connectivity index (χ0v) is 12.0. The Bertz CT molecular complexity index is 424. The summed E-state index contributed by atoms with van der Waals surface area (Å²) < 4.78 is 0. The molecule has 1 rings (SSSR count). The predicted octanol–water partition coefficient (Wildman–Crippen LogP) is 4.83. The van der Waals surface area contributed by atoms with Crippen LogP contribution < -0.4 is 0 Å². The highest BCUT2D eigenvalue weighted by atomic mass is 35.5. The molecule has 0 radical (unpaired) electrons. The highest BCUT2D eigenvalue weighted by Crippen LogP contribution is 2.25. The molecule has 0 spiro atoms. The second-order valence-electron chi connectivity index (χ2n) is 3.57. The van der Waals surface area contributed by atoms with Crippen LogP contribution >= 0.6 is 11.6 Å². The number of hydrogen-bond acceptors (Lipinski definition) is 1. The molecule has 1 nitrogen and oxygen atoms in total.